The molecule has 0 aliphatic carbocycles. The first kappa shape index (κ1) is 16.9. The zero-order chi connectivity index (χ0) is 16.3. The minimum atomic E-state index is 0.0926. The summed E-state index contributed by atoms with van der Waals surface area (Å²) in [6, 6.07) is 17.4. The van der Waals surface area contributed by atoms with Crippen LogP contribution in [0.15, 0.2) is 54.6 Å². The molecule has 2 rings (SSSR count). The monoisotopic (exact) mass is 312 g/mol. The lowest BCUT2D eigenvalue weighted by Crippen LogP contribution is -2.26. The molecular weight excluding hydrogens is 288 g/mol. The quantitative estimate of drug-likeness (QED) is 0.682. The van der Waals surface area contributed by atoms with E-state index in [0.717, 1.165) is 36.6 Å². The van der Waals surface area contributed by atoms with Crippen LogP contribution in [0.25, 0.3) is 0 Å². The highest BCUT2D eigenvalue weighted by atomic mass is 16.5. The highest BCUT2D eigenvalue weighted by molar-refractivity contribution is 5.76. The SMILES string of the molecule is CCCCNC(=O)CCNc1ccc(Oc2ccccc2)cc1. The van der Waals surface area contributed by atoms with Crippen molar-refractivity contribution in [2.75, 3.05) is 18.4 Å². The van der Waals surface area contributed by atoms with Crippen LogP contribution in [-0.4, -0.2) is 19.0 Å². The predicted molar refractivity (Wildman–Crippen MR) is 94.0 cm³/mol. The van der Waals surface area contributed by atoms with Crippen molar-refractivity contribution in [2.24, 2.45) is 0 Å². The largest absolute Gasteiger partial charge is 0.457 e. The van der Waals surface area contributed by atoms with Gasteiger partial charge >= 0.3 is 0 Å². The molecule has 0 atom stereocenters. The molecule has 0 aromatic heterocycles. The minimum absolute atomic E-state index is 0.0926. The third-order valence-corrected chi connectivity index (χ3v) is 3.37. The average Bonchev–Trinajstić information content (AvgIpc) is 2.58. The summed E-state index contributed by atoms with van der Waals surface area (Å²) in [7, 11) is 0. The van der Waals surface area contributed by atoms with Crippen molar-refractivity contribution in [1.29, 1.82) is 0 Å². The van der Waals surface area contributed by atoms with E-state index in [-0.39, 0.29) is 5.91 Å². The van der Waals surface area contributed by atoms with Crippen LogP contribution in [0.2, 0.25) is 0 Å². The van der Waals surface area contributed by atoms with Crippen LogP contribution in [0.4, 0.5) is 5.69 Å². The average molecular weight is 312 g/mol. The standard InChI is InChI=1S/C19H24N2O2/c1-2-3-14-21-19(22)13-15-20-16-9-11-18(12-10-16)23-17-7-5-4-6-8-17/h4-12,20H,2-3,13-15H2,1H3,(H,21,22). The van der Waals surface area contributed by atoms with Gasteiger partial charge in [-0.1, -0.05) is 31.5 Å². The molecule has 23 heavy (non-hydrogen) atoms. The number of hydrogen-bond acceptors (Lipinski definition) is 3. The van der Waals surface area contributed by atoms with Gasteiger partial charge in [-0.2, -0.15) is 0 Å². The maximum Gasteiger partial charge on any atom is 0.221 e. The number of amides is 1. The molecule has 0 saturated heterocycles. The molecule has 0 aliphatic heterocycles. The van der Waals surface area contributed by atoms with Gasteiger partial charge in [0.1, 0.15) is 11.5 Å². The Bertz CT molecular complexity index is 582. The summed E-state index contributed by atoms with van der Waals surface area (Å²) in [6.07, 6.45) is 2.60. The van der Waals surface area contributed by atoms with E-state index in [1.807, 2.05) is 54.6 Å². The van der Waals surface area contributed by atoms with Gasteiger partial charge in [0.25, 0.3) is 0 Å². The fourth-order valence-corrected chi connectivity index (χ4v) is 2.08. The number of hydrogen-bond donors (Lipinski definition) is 2. The van der Waals surface area contributed by atoms with Crippen LogP contribution in [-0.2, 0) is 4.79 Å². The van der Waals surface area contributed by atoms with Gasteiger partial charge < -0.3 is 15.4 Å². The van der Waals surface area contributed by atoms with E-state index >= 15 is 0 Å². The van der Waals surface area contributed by atoms with E-state index in [9.17, 15) is 4.79 Å². The first-order valence-corrected chi connectivity index (χ1v) is 8.11. The van der Waals surface area contributed by atoms with E-state index in [4.69, 9.17) is 4.74 Å². The highest BCUT2D eigenvalue weighted by Crippen LogP contribution is 2.22. The van der Waals surface area contributed by atoms with E-state index < -0.39 is 0 Å². The molecule has 0 spiro atoms. The number of ether oxygens (including phenoxy) is 1. The van der Waals surface area contributed by atoms with Crippen molar-refractivity contribution in [1.82, 2.24) is 5.32 Å². The molecule has 2 aromatic carbocycles. The van der Waals surface area contributed by atoms with Gasteiger partial charge in [-0.25, -0.2) is 0 Å². The topological polar surface area (TPSA) is 50.4 Å². The van der Waals surface area contributed by atoms with Gasteiger partial charge in [-0.15, -0.1) is 0 Å². The Morgan fingerprint density at radius 1 is 0.957 bits per heavy atom. The number of unbranched alkanes of at least 4 members (excludes halogenated alkanes) is 1. The Morgan fingerprint density at radius 3 is 2.35 bits per heavy atom. The fraction of sp³-hybridized carbons (Fsp3) is 0.316. The molecule has 0 radical (unpaired) electrons. The molecular formula is C19H24N2O2. The lowest BCUT2D eigenvalue weighted by Gasteiger charge is -2.09. The molecule has 0 bridgehead atoms. The van der Waals surface area contributed by atoms with E-state index in [1.54, 1.807) is 0 Å². The third kappa shape index (κ3) is 6.43. The highest BCUT2D eigenvalue weighted by Gasteiger charge is 2.01. The Labute approximate surface area is 137 Å². The second-order valence-electron chi connectivity index (χ2n) is 5.32. The Hall–Kier alpha value is -2.49. The van der Waals surface area contributed by atoms with Crippen molar-refractivity contribution in [3.63, 3.8) is 0 Å². The summed E-state index contributed by atoms with van der Waals surface area (Å²) < 4.78 is 5.74. The second kappa shape index (κ2) is 9.51. The maximum absolute atomic E-state index is 11.6. The molecule has 0 unspecified atom stereocenters. The van der Waals surface area contributed by atoms with Crippen LogP contribution in [0.1, 0.15) is 26.2 Å². The second-order valence-corrected chi connectivity index (χ2v) is 5.32. The van der Waals surface area contributed by atoms with Gasteiger partial charge in [0, 0.05) is 25.2 Å². The van der Waals surface area contributed by atoms with Crippen molar-refractivity contribution in [3.8, 4) is 11.5 Å². The van der Waals surface area contributed by atoms with Gasteiger partial charge in [0.2, 0.25) is 5.91 Å². The molecule has 0 saturated carbocycles. The number of benzene rings is 2. The summed E-state index contributed by atoms with van der Waals surface area (Å²) in [5.41, 5.74) is 0.978. The molecule has 0 heterocycles. The lowest BCUT2D eigenvalue weighted by molar-refractivity contribution is -0.120. The van der Waals surface area contributed by atoms with Crippen LogP contribution in [0.5, 0.6) is 11.5 Å². The summed E-state index contributed by atoms with van der Waals surface area (Å²) in [5.74, 6) is 1.70. The summed E-state index contributed by atoms with van der Waals surface area (Å²) in [4.78, 5) is 11.6. The van der Waals surface area contributed by atoms with Gasteiger partial charge in [-0.05, 0) is 42.8 Å². The van der Waals surface area contributed by atoms with Crippen molar-refractivity contribution in [3.05, 3.63) is 54.6 Å². The van der Waals surface area contributed by atoms with Gasteiger partial charge in [-0.3, -0.25) is 4.79 Å². The Balaban J connectivity index is 1.71. The van der Waals surface area contributed by atoms with Gasteiger partial charge in [0.15, 0.2) is 0 Å². The Kier molecular flexibility index (Phi) is 6.98. The number of carbonyl (C=O) groups excluding carboxylic acids is 1. The van der Waals surface area contributed by atoms with E-state index in [2.05, 4.69) is 17.6 Å². The first-order valence-electron chi connectivity index (χ1n) is 8.11. The summed E-state index contributed by atoms with van der Waals surface area (Å²) in [6.45, 7) is 3.50. The first-order chi connectivity index (χ1) is 11.3. The normalized spacial score (nSPS) is 10.1. The van der Waals surface area contributed by atoms with Crippen molar-refractivity contribution >= 4 is 11.6 Å². The summed E-state index contributed by atoms with van der Waals surface area (Å²) in [5, 5.41) is 6.15. The van der Waals surface area contributed by atoms with Crippen LogP contribution >= 0.6 is 0 Å². The lowest BCUT2D eigenvalue weighted by atomic mass is 10.3. The molecule has 122 valence electrons. The molecule has 2 aromatic rings. The third-order valence-electron chi connectivity index (χ3n) is 3.37. The molecule has 4 nitrogen and oxygen atoms in total. The molecule has 0 fully saturated rings. The molecule has 0 aliphatic rings. The zero-order valence-electron chi connectivity index (χ0n) is 13.5. The van der Waals surface area contributed by atoms with Crippen molar-refractivity contribution in [2.45, 2.75) is 26.2 Å². The number of carbonyl (C=O) groups is 1. The van der Waals surface area contributed by atoms with Gasteiger partial charge in [0.05, 0.1) is 0 Å². The Morgan fingerprint density at radius 2 is 1.65 bits per heavy atom. The number of rotatable bonds is 9. The van der Waals surface area contributed by atoms with Crippen LogP contribution < -0.4 is 15.4 Å². The minimum Gasteiger partial charge on any atom is -0.457 e. The number of anilines is 1. The van der Waals surface area contributed by atoms with E-state index in [1.165, 1.54) is 0 Å². The summed E-state index contributed by atoms with van der Waals surface area (Å²) >= 11 is 0. The number of para-hydroxylation sites is 1. The predicted octanol–water partition coefficient (Wildman–Crippen LogP) is 4.20. The molecule has 2 N–H and O–H groups in total. The molecule has 4 heteroatoms. The fourth-order valence-electron chi connectivity index (χ4n) is 2.08. The smallest absolute Gasteiger partial charge is 0.221 e. The number of nitrogens with one attached hydrogen (secondary N) is 2. The van der Waals surface area contributed by atoms with Crippen molar-refractivity contribution < 1.29 is 9.53 Å². The van der Waals surface area contributed by atoms with Crippen LogP contribution in [0.3, 0.4) is 0 Å². The van der Waals surface area contributed by atoms with Crippen LogP contribution in [0, 0.1) is 0 Å². The zero-order valence-corrected chi connectivity index (χ0v) is 13.5. The molecule has 1 amide bonds. The maximum atomic E-state index is 11.6. The van der Waals surface area contributed by atoms with E-state index in [0.29, 0.717) is 13.0 Å².